The lowest BCUT2D eigenvalue weighted by molar-refractivity contribution is -0.147. The summed E-state index contributed by atoms with van der Waals surface area (Å²) in [4.78, 5) is 27.4. The van der Waals surface area contributed by atoms with Gasteiger partial charge in [-0.1, -0.05) is 12.8 Å². The lowest BCUT2D eigenvalue weighted by Gasteiger charge is -2.34. The van der Waals surface area contributed by atoms with Gasteiger partial charge in [0.1, 0.15) is 6.04 Å². The highest BCUT2D eigenvalue weighted by Crippen LogP contribution is 2.20. The summed E-state index contributed by atoms with van der Waals surface area (Å²) in [6.45, 7) is 7.78. The number of aliphatic carboxylic acids is 1. The third-order valence-corrected chi connectivity index (χ3v) is 4.01. The first kappa shape index (κ1) is 16.0. The van der Waals surface area contributed by atoms with E-state index in [9.17, 15) is 14.7 Å². The van der Waals surface area contributed by atoms with Gasteiger partial charge in [0.25, 0.3) is 0 Å². The molecule has 1 rings (SSSR count). The molecule has 1 N–H and O–H groups in total. The fourth-order valence-corrected chi connectivity index (χ4v) is 2.80. The van der Waals surface area contributed by atoms with Gasteiger partial charge in [0, 0.05) is 13.1 Å². The fraction of sp³-hybridized carbons (Fsp3) is 0.857. The van der Waals surface area contributed by atoms with E-state index in [-0.39, 0.29) is 11.9 Å². The molecule has 0 aromatic rings. The van der Waals surface area contributed by atoms with Gasteiger partial charge in [0.2, 0.25) is 5.91 Å². The predicted octanol–water partition coefficient (Wildman–Crippen LogP) is 1.57. The Balaban J connectivity index is 2.83. The van der Waals surface area contributed by atoms with Gasteiger partial charge < -0.3 is 10.0 Å². The zero-order valence-electron chi connectivity index (χ0n) is 12.3. The van der Waals surface area contributed by atoms with Crippen LogP contribution in [0.3, 0.4) is 0 Å². The summed E-state index contributed by atoms with van der Waals surface area (Å²) in [6, 6.07) is -0.865. The van der Waals surface area contributed by atoms with Crippen LogP contribution in [0.4, 0.5) is 0 Å². The molecule has 1 aliphatic heterocycles. The van der Waals surface area contributed by atoms with Crippen LogP contribution in [0.1, 0.15) is 46.5 Å². The highest BCUT2D eigenvalue weighted by Gasteiger charge is 2.34. The van der Waals surface area contributed by atoms with Gasteiger partial charge in [-0.05, 0) is 40.2 Å². The van der Waals surface area contributed by atoms with Crippen LogP contribution in [-0.2, 0) is 9.59 Å². The second-order valence-electron chi connectivity index (χ2n) is 5.13. The summed E-state index contributed by atoms with van der Waals surface area (Å²) in [6.07, 6.45) is 3.59. The number of carboxylic acids is 1. The maximum absolute atomic E-state index is 12.4. The Bertz CT molecular complexity index is 316. The summed E-state index contributed by atoms with van der Waals surface area (Å²) < 4.78 is 0. The average molecular weight is 270 g/mol. The first-order chi connectivity index (χ1) is 9.02. The molecule has 2 unspecified atom stereocenters. The fourth-order valence-electron chi connectivity index (χ4n) is 2.80. The third-order valence-electron chi connectivity index (χ3n) is 4.01. The molecule has 110 valence electrons. The van der Waals surface area contributed by atoms with E-state index < -0.39 is 12.0 Å². The van der Waals surface area contributed by atoms with Crippen LogP contribution in [-0.4, -0.2) is 58.5 Å². The molecule has 1 saturated heterocycles. The minimum absolute atomic E-state index is 0.0400. The summed E-state index contributed by atoms with van der Waals surface area (Å²) in [5, 5.41) is 9.35. The van der Waals surface area contributed by atoms with Crippen molar-refractivity contribution < 1.29 is 14.7 Å². The molecule has 0 saturated carbocycles. The minimum atomic E-state index is -0.805. The Morgan fingerprint density at radius 2 is 1.89 bits per heavy atom. The van der Waals surface area contributed by atoms with Crippen LogP contribution < -0.4 is 0 Å². The van der Waals surface area contributed by atoms with E-state index in [0.717, 1.165) is 19.3 Å². The number of carbonyl (C=O) groups is 2. The van der Waals surface area contributed by atoms with Gasteiger partial charge in [0.05, 0.1) is 6.04 Å². The van der Waals surface area contributed by atoms with Crippen molar-refractivity contribution in [2.75, 3.05) is 19.6 Å². The van der Waals surface area contributed by atoms with Crippen molar-refractivity contribution in [3.8, 4) is 0 Å². The average Bonchev–Trinajstić information content (AvgIpc) is 2.64. The van der Waals surface area contributed by atoms with Crippen LogP contribution in [0.15, 0.2) is 0 Å². The van der Waals surface area contributed by atoms with Crippen LogP contribution in [0, 0.1) is 0 Å². The molecule has 1 heterocycles. The Hall–Kier alpha value is -1.10. The topological polar surface area (TPSA) is 60.9 Å². The second kappa shape index (κ2) is 7.48. The third kappa shape index (κ3) is 3.93. The predicted molar refractivity (Wildman–Crippen MR) is 74.0 cm³/mol. The molecule has 5 nitrogen and oxygen atoms in total. The second-order valence-corrected chi connectivity index (χ2v) is 5.13. The molecule has 0 aliphatic carbocycles. The van der Waals surface area contributed by atoms with Crippen molar-refractivity contribution in [3.63, 3.8) is 0 Å². The molecule has 0 radical (unpaired) electrons. The molecule has 1 fully saturated rings. The van der Waals surface area contributed by atoms with Gasteiger partial charge in [0.15, 0.2) is 0 Å². The molecule has 1 aliphatic rings. The molecule has 5 heteroatoms. The SMILES string of the molecule is CCN(CC)C(=O)C(C)N1CCCCCC1C(=O)O. The maximum Gasteiger partial charge on any atom is 0.320 e. The Morgan fingerprint density at radius 1 is 1.26 bits per heavy atom. The van der Waals surface area contributed by atoms with E-state index >= 15 is 0 Å². The van der Waals surface area contributed by atoms with E-state index in [1.54, 1.807) is 4.90 Å². The van der Waals surface area contributed by atoms with Crippen LogP contribution in [0.5, 0.6) is 0 Å². The number of amides is 1. The highest BCUT2D eigenvalue weighted by atomic mass is 16.4. The zero-order chi connectivity index (χ0) is 14.4. The van der Waals surface area contributed by atoms with E-state index in [1.807, 2.05) is 25.7 Å². The Labute approximate surface area is 115 Å². The van der Waals surface area contributed by atoms with Crippen molar-refractivity contribution in [3.05, 3.63) is 0 Å². The summed E-state index contributed by atoms with van der Waals surface area (Å²) in [5.74, 6) is -0.765. The molecular weight excluding hydrogens is 244 g/mol. The Morgan fingerprint density at radius 3 is 2.42 bits per heavy atom. The number of likely N-dealkylation sites (N-methyl/N-ethyl adjacent to an activating group) is 1. The van der Waals surface area contributed by atoms with E-state index in [1.165, 1.54) is 0 Å². The van der Waals surface area contributed by atoms with Crippen molar-refractivity contribution in [1.29, 1.82) is 0 Å². The van der Waals surface area contributed by atoms with Gasteiger partial charge in [-0.15, -0.1) is 0 Å². The van der Waals surface area contributed by atoms with E-state index in [2.05, 4.69) is 0 Å². The first-order valence-electron chi connectivity index (χ1n) is 7.30. The zero-order valence-corrected chi connectivity index (χ0v) is 12.3. The molecular formula is C14H26N2O3. The van der Waals surface area contributed by atoms with Crippen LogP contribution >= 0.6 is 0 Å². The van der Waals surface area contributed by atoms with Crippen molar-refractivity contribution in [2.24, 2.45) is 0 Å². The molecule has 19 heavy (non-hydrogen) atoms. The molecule has 0 bridgehead atoms. The van der Waals surface area contributed by atoms with Gasteiger partial charge >= 0.3 is 5.97 Å². The number of carbonyl (C=O) groups excluding carboxylic acids is 1. The lowest BCUT2D eigenvalue weighted by atomic mass is 10.1. The van der Waals surface area contributed by atoms with Crippen LogP contribution in [0.2, 0.25) is 0 Å². The number of likely N-dealkylation sites (tertiary alicyclic amines) is 1. The summed E-state index contributed by atoms with van der Waals surface area (Å²) >= 11 is 0. The van der Waals surface area contributed by atoms with Gasteiger partial charge in [-0.25, -0.2) is 0 Å². The number of nitrogens with zero attached hydrogens (tertiary/aromatic N) is 2. The Kier molecular flexibility index (Phi) is 6.28. The van der Waals surface area contributed by atoms with Crippen molar-refractivity contribution >= 4 is 11.9 Å². The number of hydrogen-bond acceptors (Lipinski definition) is 3. The van der Waals surface area contributed by atoms with E-state index in [4.69, 9.17) is 0 Å². The smallest absolute Gasteiger partial charge is 0.320 e. The van der Waals surface area contributed by atoms with Gasteiger partial charge in [-0.2, -0.15) is 0 Å². The largest absolute Gasteiger partial charge is 0.480 e. The molecule has 1 amide bonds. The number of rotatable bonds is 5. The van der Waals surface area contributed by atoms with Crippen LogP contribution in [0.25, 0.3) is 0 Å². The normalized spacial score (nSPS) is 22.6. The number of hydrogen-bond donors (Lipinski definition) is 1. The minimum Gasteiger partial charge on any atom is -0.480 e. The van der Waals surface area contributed by atoms with Crippen molar-refractivity contribution in [1.82, 2.24) is 9.80 Å². The summed E-state index contributed by atoms with van der Waals surface area (Å²) in [7, 11) is 0. The monoisotopic (exact) mass is 270 g/mol. The molecule has 0 aromatic carbocycles. The standard InChI is InChI=1S/C14H26N2O3/c1-4-15(5-2)13(17)11(3)16-10-8-6-7-9-12(16)14(18)19/h11-12H,4-10H2,1-3H3,(H,18,19). The number of carboxylic acid groups (broad SMARTS) is 1. The molecule has 0 spiro atoms. The van der Waals surface area contributed by atoms with E-state index in [0.29, 0.717) is 26.1 Å². The van der Waals surface area contributed by atoms with Crippen molar-refractivity contribution in [2.45, 2.75) is 58.5 Å². The molecule has 0 aromatic heterocycles. The van der Waals surface area contributed by atoms with Gasteiger partial charge in [-0.3, -0.25) is 14.5 Å². The molecule has 2 atom stereocenters. The maximum atomic E-state index is 12.4. The first-order valence-corrected chi connectivity index (χ1v) is 7.30. The quantitative estimate of drug-likeness (QED) is 0.824. The highest BCUT2D eigenvalue weighted by molar-refractivity contribution is 5.82. The lowest BCUT2D eigenvalue weighted by Crippen LogP contribution is -2.53. The summed E-state index contributed by atoms with van der Waals surface area (Å²) in [5.41, 5.74) is 0.